The minimum atomic E-state index is 0.0810. The Morgan fingerprint density at radius 1 is 1.60 bits per heavy atom. The van der Waals surface area contributed by atoms with Crippen molar-refractivity contribution in [2.24, 2.45) is 5.92 Å². The van der Waals surface area contributed by atoms with Crippen molar-refractivity contribution in [1.82, 2.24) is 10.3 Å². The van der Waals surface area contributed by atoms with Gasteiger partial charge in [0.05, 0.1) is 6.04 Å². The Kier molecular flexibility index (Phi) is 4.75. The van der Waals surface area contributed by atoms with Gasteiger partial charge in [-0.3, -0.25) is 4.79 Å². The maximum absolute atomic E-state index is 11.4. The van der Waals surface area contributed by atoms with Gasteiger partial charge in [0.2, 0.25) is 5.91 Å². The van der Waals surface area contributed by atoms with Crippen molar-refractivity contribution >= 4 is 17.2 Å². The Bertz CT molecular complexity index is 296. The second kappa shape index (κ2) is 5.85. The molecule has 0 aliphatic rings. The van der Waals surface area contributed by atoms with E-state index in [1.807, 2.05) is 12.3 Å². The highest BCUT2D eigenvalue weighted by Gasteiger charge is 2.17. The third-order valence-electron chi connectivity index (χ3n) is 2.11. The third-order valence-corrected chi connectivity index (χ3v) is 3.00. The molecule has 1 rings (SSSR count). The largest absolute Gasteiger partial charge is 0.347 e. The van der Waals surface area contributed by atoms with Gasteiger partial charge in [-0.25, -0.2) is 4.98 Å². The summed E-state index contributed by atoms with van der Waals surface area (Å²) in [6, 6.07) is 0.0810. The van der Waals surface area contributed by atoms with Gasteiger partial charge in [0.15, 0.2) is 0 Å². The number of nitrogens with zero attached hydrogens (tertiary/aromatic N) is 1. The quantitative estimate of drug-likeness (QED) is 0.838. The first kappa shape index (κ1) is 12.2. The van der Waals surface area contributed by atoms with E-state index in [0.717, 1.165) is 11.4 Å². The van der Waals surface area contributed by atoms with E-state index in [-0.39, 0.29) is 11.9 Å². The first-order valence-electron chi connectivity index (χ1n) is 5.32. The van der Waals surface area contributed by atoms with Crippen molar-refractivity contribution in [3.05, 3.63) is 16.6 Å². The SMILES string of the molecule is CCC(=O)NC(CC(C)C)c1nccs1. The lowest BCUT2D eigenvalue weighted by molar-refractivity contribution is -0.121. The Labute approximate surface area is 94.9 Å². The van der Waals surface area contributed by atoms with E-state index in [4.69, 9.17) is 0 Å². The van der Waals surface area contributed by atoms with Gasteiger partial charge in [0.25, 0.3) is 0 Å². The lowest BCUT2D eigenvalue weighted by Gasteiger charge is -2.18. The van der Waals surface area contributed by atoms with Crippen LogP contribution < -0.4 is 5.32 Å². The monoisotopic (exact) mass is 226 g/mol. The highest BCUT2D eigenvalue weighted by molar-refractivity contribution is 7.09. The zero-order valence-corrected chi connectivity index (χ0v) is 10.3. The number of nitrogens with one attached hydrogen (secondary N) is 1. The minimum Gasteiger partial charge on any atom is -0.347 e. The van der Waals surface area contributed by atoms with Crippen molar-refractivity contribution in [3.63, 3.8) is 0 Å². The molecule has 0 saturated heterocycles. The lowest BCUT2D eigenvalue weighted by atomic mass is 10.0. The topological polar surface area (TPSA) is 42.0 Å². The molecule has 0 saturated carbocycles. The summed E-state index contributed by atoms with van der Waals surface area (Å²) in [5, 5.41) is 5.96. The van der Waals surface area contributed by atoms with Gasteiger partial charge in [-0.2, -0.15) is 0 Å². The van der Waals surface area contributed by atoms with E-state index in [0.29, 0.717) is 12.3 Å². The summed E-state index contributed by atoms with van der Waals surface area (Å²) in [6.45, 7) is 6.17. The number of aromatic nitrogens is 1. The first-order chi connectivity index (χ1) is 7.13. The van der Waals surface area contributed by atoms with Crippen molar-refractivity contribution in [3.8, 4) is 0 Å². The summed E-state index contributed by atoms with van der Waals surface area (Å²) >= 11 is 1.60. The molecule has 4 heteroatoms. The van der Waals surface area contributed by atoms with Gasteiger partial charge in [-0.05, 0) is 12.3 Å². The second-order valence-electron chi connectivity index (χ2n) is 3.97. The second-order valence-corrected chi connectivity index (χ2v) is 4.90. The van der Waals surface area contributed by atoms with Crippen molar-refractivity contribution < 1.29 is 4.79 Å². The van der Waals surface area contributed by atoms with E-state index in [9.17, 15) is 4.79 Å². The highest BCUT2D eigenvalue weighted by Crippen LogP contribution is 2.22. The Morgan fingerprint density at radius 2 is 2.33 bits per heavy atom. The van der Waals surface area contributed by atoms with E-state index in [1.54, 1.807) is 17.5 Å². The van der Waals surface area contributed by atoms with Crippen LogP contribution in [0.5, 0.6) is 0 Å². The Hall–Kier alpha value is -0.900. The molecule has 0 bridgehead atoms. The number of hydrogen-bond acceptors (Lipinski definition) is 3. The fraction of sp³-hybridized carbons (Fsp3) is 0.636. The van der Waals surface area contributed by atoms with E-state index in [2.05, 4.69) is 24.1 Å². The number of carbonyl (C=O) groups is 1. The first-order valence-corrected chi connectivity index (χ1v) is 6.20. The summed E-state index contributed by atoms with van der Waals surface area (Å²) in [4.78, 5) is 15.6. The average molecular weight is 226 g/mol. The molecular weight excluding hydrogens is 208 g/mol. The molecule has 1 aromatic heterocycles. The third kappa shape index (κ3) is 4.00. The molecule has 84 valence electrons. The number of amides is 1. The van der Waals surface area contributed by atoms with Crippen LogP contribution in [0.25, 0.3) is 0 Å². The lowest BCUT2D eigenvalue weighted by Crippen LogP contribution is -2.28. The van der Waals surface area contributed by atoms with Gasteiger partial charge in [-0.15, -0.1) is 11.3 Å². The number of thiazole rings is 1. The van der Waals surface area contributed by atoms with Gasteiger partial charge in [0.1, 0.15) is 5.01 Å². The molecule has 0 aromatic carbocycles. The van der Waals surface area contributed by atoms with Crippen LogP contribution in [0.2, 0.25) is 0 Å². The predicted molar refractivity (Wildman–Crippen MR) is 62.7 cm³/mol. The van der Waals surface area contributed by atoms with Crippen LogP contribution >= 0.6 is 11.3 Å². The maximum Gasteiger partial charge on any atom is 0.220 e. The molecule has 3 nitrogen and oxygen atoms in total. The van der Waals surface area contributed by atoms with Gasteiger partial charge >= 0.3 is 0 Å². The molecule has 0 aliphatic carbocycles. The van der Waals surface area contributed by atoms with Gasteiger partial charge in [-0.1, -0.05) is 20.8 Å². The predicted octanol–water partition coefficient (Wildman–Crippen LogP) is 2.76. The molecule has 0 spiro atoms. The zero-order valence-electron chi connectivity index (χ0n) is 9.49. The van der Waals surface area contributed by atoms with Crippen LogP contribution in [0.3, 0.4) is 0 Å². The average Bonchev–Trinajstić information content (AvgIpc) is 2.68. The number of carbonyl (C=O) groups excluding carboxylic acids is 1. The molecule has 1 heterocycles. The highest BCUT2D eigenvalue weighted by atomic mass is 32.1. The van der Waals surface area contributed by atoms with Crippen LogP contribution in [0.15, 0.2) is 11.6 Å². The molecule has 15 heavy (non-hydrogen) atoms. The molecule has 0 fully saturated rings. The summed E-state index contributed by atoms with van der Waals surface area (Å²) in [5.74, 6) is 0.645. The molecular formula is C11H18N2OS. The molecule has 1 atom stereocenters. The summed E-state index contributed by atoms with van der Waals surface area (Å²) in [5.41, 5.74) is 0. The number of rotatable bonds is 5. The standard InChI is InChI=1S/C11H18N2OS/c1-4-10(14)13-9(7-8(2)3)11-12-5-6-15-11/h5-6,8-9H,4,7H2,1-3H3,(H,13,14). The minimum absolute atomic E-state index is 0.0810. The van der Waals surface area contributed by atoms with Crippen LogP contribution in [0.1, 0.15) is 44.7 Å². The number of hydrogen-bond donors (Lipinski definition) is 1. The normalized spacial score (nSPS) is 12.8. The summed E-state index contributed by atoms with van der Waals surface area (Å²) < 4.78 is 0. The van der Waals surface area contributed by atoms with Crippen molar-refractivity contribution in [1.29, 1.82) is 0 Å². The zero-order chi connectivity index (χ0) is 11.3. The van der Waals surface area contributed by atoms with Crippen LogP contribution in [0, 0.1) is 5.92 Å². The molecule has 0 aliphatic heterocycles. The smallest absolute Gasteiger partial charge is 0.220 e. The molecule has 1 amide bonds. The molecule has 1 N–H and O–H groups in total. The van der Waals surface area contributed by atoms with Crippen LogP contribution in [0.4, 0.5) is 0 Å². The summed E-state index contributed by atoms with van der Waals surface area (Å²) in [7, 11) is 0. The summed E-state index contributed by atoms with van der Waals surface area (Å²) in [6.07, 6.45) is 3.25. The molecule has 1 unspecified atom stereocenters. The van der Waals surface area contributed by atoms with E-state index >= 15 is 0 Å². The maximum atomic E-state index is 11.4. The molecule has 0 radical (unpaired) electrons. The van der Waals surface area contributed by atoms with Gasteiger partial charge < -0.3 is 5.32 Å². The fourth-order valence-corrected chi connectivity index (χ4v) is 2.10. The van der Waals surface area contributed by atoms with Crippen LogP contribution in [-0.2, 0) is 4.79 Å². The van der Waals surface area contributed by atoms with Crippen LogP contribution in [-0.4, -0.2) is 10.9 Å². The fourth-order valence-electron chi connectivity index (χ4n) is 1.40. The Balaban J connectivity index is 2.65. The molecule has 1 aromatic rings. The van der Waals surface area contributed by atoms with E-state index in [1.165, 1.54) is 0 Å². The van der Waals surface area contributed by atoms with E-state index < -0.39 is 0 Å². The van der Waals surface area contributed by atoms with Gasteiger partial charge in [0, 0.05) is 18.0 Å². The van der Waals surface area contributed by atoms with Crippen molar-refractivity contribution in [2.75, 3.05) is 0 Å². The Morgan fingerprint density at radius 3 is 2.80 bits per heavy atom. The van der Waals surface area contributed by atoms with Crippen molar-refractivity contribution in [2.45, 2.75) is 39.7 Å².